The van der Waals surface area contributed by atoms with Crippen molar-refractivity contribution in [3.05, 3.63) is 77.3 Å². The summed E-state index contributed by atoms with van der Waals surface area (Å²) in [5, 5.41) is 6.24. The van der Waals surface area contributed by atoms with Gasteiger partial charge in [0.1, 0.15) is 4.90 Å². The van der Waals surface area contributed by atoms with E-state index in [-0.39, 0.29) is 10.8 Å². The molecule has 1 atom stereocenters. The summed E-state index contributed by atoms with van der Waals surface area (Å²) in [4.78, 5) is 0.0724. The summed E-state index contributed by atoms with van der Waals surface area (Å²) in [5.74, 6) is -0.125. The predicted octanol–water partition coefficient (Wildman–Crippen LogP) is 5.38. The number of hydrogen-bond donors (Lipinski definition) is 0. The molecule has 0 N–H and O–H groups in total. The Hall–Kier alpha value is -2.37. The number of halogens is 1. The quantitative estimate of drug-likeness (QED) is 0.436. The highest BCUT2D eigenvalue weighted by atomic mass is 35.5. The van der Waals surface area contributed by atoms with Gasteiger partial charge in [-0.15, -0.1) is 0 Å². The Morgan fingerprint density at radius 1 is 1.00 bits per heavy atom. The highest BCUT2D eigenvalue weighted by Crippen LogP contribution is 2.23. The van der Waals surface area contributed by atoms with E-state index in [1.807, 2.05) is 49.4 Å². The highest BCUT2D eigenvalue weighted by molar-refractivity contribution is 7.86. The molecule has 0 aromatic heterocycles. The number of rotatable bonds is 5. The second kappa shape index (κ2) is 7.48. The molecule has 0 heterocycles. The molecule has 0 radical (unpaired) electrons. The van der Waals surface area contributed by atoms with Crippen LogP contribution in [0.5, 0.6) is 0 Å². The van der Waals surface area contributed by atoms with Gasteiger partial charge in [-0.05, 0) is 47.5 Å². The highest BCUT2D eigenvalue weighted by Gasteiger charge is 2.18. The third kappa shape index (κ3) is 4.06. The third-order valence-electron chi connectivity index (χ3n) is 4.26. The summed E-state index contributed by atoms with van der Waals surface area (Å²) in [6, 6.07) is 19.7. The molecule has 26 heavy (non-hydrogen) atoms. The van der Waals surface area contributed by atoms with Gasteiger partial charge >= 0.3 is 10.1 Å². The van der Waals surface area contributed by atoms with Crippen LogP contribution in [0.4, 0.5) is 0 Å². The first-order valence-corrected chi connectivity index (χ1v) is 9.88. The van der Waals surface area contributed by atoms with E-state index in [9.17, 15) is 8.42 Å². The normalized spacial score (nSPS) is 13.6. The van der Waals surface area contributed by atoms with Gasteiger partial charge in [-0.1, -0.05) is 66.1 Å². The van der Waals surface area contributed by atoms with Crippen molar-refractivity contribution in [2.45, 2.75) is 24.7 Å². The van der Waals surface area contributed by atoms with Gasteiger partial charge < -0.3 is 0 Å². The minimum Gasteiger partial charge on any atom is -0.265 e. The van der Waals surface area contributed by atoms with E-state index in [0.717, 1.165) is 16.3 Å². The molecule has 0 spiro atoms. The molecular formula is C20H18ClNO3S. The molecule has 3 aromatic rings. The fourth-order valence-electron chi connectivity index (χ4n) is 2.57. The van der Waals surface area contributed by atoms with Crippen LogP contribution in [0, 0.1) is 0 Å². The van der Waals surface area contributed by atoms with Gasteiger partial charge in [-0.2, -0.15) is 8.42 Å². The van der Waals surface area contributed by atoms with Crippen LogP contribution < -0.4 is 0 Å². The maximum atomic E-state index is 12.4. The van der Waals surface area contributed by atoms with Gasteiger partial charge in [-0.25, -0.2) is 0 Å². The van der Waals surface area contributed by atoms with Gasteiger partial charge in [0.05, 0.1) is 5.71 Å². The number of oxime groups is 1. The predicted molar refractivity (Wildman–Crippen MR) is 105 cm³/mol. The number of benzene rings is 3. The van der Waals surface area contributed by atoms with Crippen LogP contribution in [0.1, 0.15) is 25.3 Å². The lowest BCUT2D eigenvalue weighted by Gasteiger charge is -2.11. The van der Waals surface area contributed by atoms with Gasteiger partial charge in [0.25, 0.3) is 0 Å². The van der Waals surface area contributed by atoms with E-state index in [1.165, 1.54) is 6.07 Å². The Labute approximate surface area is 158 Å². The van der Waals surface area contributed by atoms with E-state index in [4.69, 9.17) is 15.9 Å². The summed E-state index contributed by atoms with van der Waals surface area (Å²) < 4.78 is 29.8. The van der Waals surface area contributed by atoms with Gasteiger partial charge in [0.2, 0.25) is 0 Å². The zero-order valence-corrected chi connectivity index (χ0v) is 16.0. The van der Waals surface area contributed by atoms with Crippen molar-refractivity contribution >= 4 is 38.2 Å². The Morgan fingerprint density at radius 2 is 1.73 bits per heavy atom. The molecule has 0 saturated heterocycles. The van der Waals surface area contributed by atoms with Gasteiger partial charge in [0, 0.05) is 10.9 Å². The van der Waals surface area contributed by atoms with Crippen LogP contribution in [0.2, 0.25) is 5.02 Å². The Morgan fingerprint density at radius 3 is 2.46 bits per heavy atom. The SMILES string of the molecule is C/C(=N\OS(=O)(=O)c1ccc2ccccc2c1)C(C)c1cccc(Cl)c1. The van der Waals surface area contributed by atoms with Gasteiger partial charge in [0.15, 0.2) is 0 Å². The zero-order valence-electron chi connectivity index (χ0n) is 14.4. The molecule has 1 unspecified atom stereocenters. The van der Waals surface area contributed by atoms with Crippen molar-refractivity contribution in [2.24, 2.45) is 5.16 Å². The summed E-state index contributed by atoms with van der Waals surface area (Å²) in [6.45, 7) is 3.64. The molecule has 0 bridgehead atoms. The topological polar surface area (TPSA) is 55.7 Å². The second-order valence-electron chi connectivity index (χ2n) is 6.05. The number of nitrogens with zero attached hydrogens (tertiary/aromatic N) is 1. The minimum absolute atomic E-state index is 0.0724. The molecule has 0 aliphatic heterocycles. The third-order valence-corrected chi connectivity index (χ3v) is 5.60. The van der Waals surface area contributed by atoms with E-state index in [0.29, 0.717) is 10.7 Å². The molecule has 134 valence electrons. The summed E-state index contributed by atoms with van der Waals surface area (Å²) >= 11 is 6.00. The molecule has 3 rings (SSSR count). The molecule has 6 heteroatoms. The molecule has 0 aliphatic carbocycles. The van der Waals surface area contributed by atoms with Crippen molar-refractivity contribution in [1.82, 2.24) is 0 Å². The molecule has 0 aliphatic rings. The first-order chi connectivity index (χ1) is 12.4. The zero-order chi connectivity index (χ0) is 18.7. The Balaban J connectivity index is 1.82. The molecule has 0 amide bonds. The maximum Gasteiger partial charge on any atom is 0.358 e. The van der Waals surface area contributed by atoms with Crippen LogP contribution in [-0.2, 0) is 14.4 Å². The fourth-order valence-corrected chi connectivity index (χ4v) is 3.58. The van der Waals surface area contributed by atoms with Crippen molar-refractivity contribution in [1.29, 1.82) is 0 Å². The van der Waals surface area contributed by atoms with Crippen LogP contribution >= 0.6 is 11.6 Å². The van der Waals surface area contributed by atoms with Crippen LogP contribution in [0.25, 0.3) is 10.8 Å². The largest absolute Gasteiger partial charge is 0.358 e. The summed E-state index contributed by atoms with van der Waals surface area (Å²) in [5.41, 5.74) is 1.47. The van der Waals surface area contributed by atoms with Crippen molar-refractivity contribution in [3.63, 3.8) is 0 Å². The van der Waals surface area contributed by atoms with Crippen molar-refractivity contribution in [2.75, 3.05) is 0 Å². The maximum absolute atomic E-state index is 12.4. The first-order valence-electron chi connectivity index (χ1n) is 8.09. The van der Waals surface area contributed by atoms with E-state index in [2.05, 4.69) is 5.16 Å². The lowest BCUT2D eigenvalue weighted by atomic mass is 9.97. The van der Waals surface area contributed by atoms with Crippen molar-refractivity contribution in [3.8, 4) is 0 Å². The first kappa shape index (κ1) is 18.4. The van der Waals surface area contributed by atoms with E-state index in [1.54, 1.807) is 25.1 Å². The summed E-state index contributed by atoms with van der Waals surface area (Å²) in [7, 11) is -3.98. The number of hydrogen-bond acceptors (Lipinski definition) is 4. The minimum atomic E-state index is -3.98. The average molecular weight is 388 g/mol. The molecule has 3 aromatic carbocycles. The van der Waals surface area contributed by atoms with Crippen LogP contribution in [-0.4, -0.2) is 14.1 Å². The Bertz CT molecular complexity index is 1080. The van der Waals surface area contributed by atoms with Crippen LogP contribution in [0.15, 0.2) is 76.8 Å². The molecule has 0 saturated carbocycles. The van der Waals surface area contributed by atoms with E-state index < -0.39 is 10.1 Å². The van der Waals surface area contributed by atoms with Crippen LogP contribution in [0.3, 0.4) is 0 Å². The standard InChI is InChI=1S/C20H18ClNO3S/c1-14(17-8-5-9-19(21)12-17)15(2)22-25-26(23,24)20-11-10-16-6-3-4-7-18(16)13-20/h3-14H,1-2H3/b22-15+. The van der Waals surface area contributed by atoms with Gasteiger partial charge in [-0.3, -0.25) is 4.28 Å². The lowest BCUT2D eigenvalue weighted by Crippen LogP contribution is -2.09. The fraction of sp³-hybridized carbons (Fsp3) is 0.150. The Kier molecular flexibility index (Phi) is 5.30. The van der Waals surface area contributed by atoms with E-state index >= 15 is 0 Å². The summed E-state index contributed by atoms with van der Waals surface area (Å²) in [6.07, 6.45) is 0. The smallest absolute Gasteiger partial charge is 0.265 e. The second-order valence-corrected chi connectivity index (χ2v) is 8.01. The average Bonchev–Trinajstić information content (AvgIpc) is 2.65. The lowest BCUT2D eigenvalue weighted by molar-refractivity contribution is 0.337. The molecule has 4 nitrogen and oxygen atoms in total. The monoisotopic (exact) mass is 387 g/mol. The molecule has 0 fully saturated rings. The number of fused-ring (bicyclic) bond motifs is 1. The van der Waals surface area contributed by atoms with Crippen molar-refractivity contribution < 1.29 is 12.7 Å². The molecular weight excluding hydrogens is 370 g/mol.